The van der Waals surface area contributed by atoms with Crippen LogP contribution in [-0.2, 0) is 15.4 Å². The molecule has 0 fully saturated rings. The molecule has 0 bridgehead atoms. The highest BCUT2D eigenvalue weighted by atomic mass is 32.2. The Balaban J connectivity index is 1.82. The van der Waals surface area contributed by atoms with Crippen molar-refractivity contribution in [2.24, 2.45) is 10.1 Å². The molecule has 0 amide bonds. The lowest BCUT2D eigenvalue weighted by molar-refractivity contribution is -0.129. The van der Waals surface area contributed by atoms with E-state index in [1.54, 1.807) is 23.5 Å². The van der Waals surface area contributed by atoms with E-state index in [1.807, 2.05) is 42.7 Å². The van der Waals surface area contributed by atoms with Crippen molar-refractivity contribution in [1.82, 2.24) is 4.98 Å². The summed E-state index contributed by atoms with van der Waals surface area (Å²) in [7, 11) is 1.33. The number of aromatic nitrogens is 1. The van der Waals surface area contributed by atoms with Crippen molar-refractivity contribution in [2.75, 3.05) is 13.4 Å². The number of aliphatic carboxylic acids is 1. The summed E-state index contributed by atoms with van der Waals surface area (Å²) in [6.45, 7) is 0. The predicted octanol–water partition coefficient (Wildman–Crippen LogP) is 5.02. The molecule has 0 saturated heterocycles. The van der Waals surface area contributed by atoms with Crippen LogP contribution in [0, 0.1) is 0 Å². The Kier molecular flexibility index (Phi) is 7.07. The highest BCUT2D eigenvalue weighted by Crippen LogP contribution is 2.31. The number of fused-ring (bicyclic) bond motifs is 1. The van der Waals surface area contributed by atoms with Crippen LogP contribution in [0.15, 0.2) is 58.7 Å². The van der Waals surface area contributed by atoms with Gasteiger partial charge in [-0.05, 0) is 24.0 Å². The summed E-state index contributed by atoms with van der Waals surface area (Å²) < 4.78 is 1.95. The van der Waals surface area contributed by atoms with Crippen molar-refractivity contribution in [3.63, 3.8) is 0 Å². The van der Waals surface area contributed by atoms with Crippen LogP contribution in [0.5, 0.6) is 0 Å². The number of oxime groups is 1. The van der Waals surface area contributed by atoms with Gasteiger partial charge in [-0.25, -0.2) is 14.8 Å². The first-order chi connectivity index (χ1) is 13.6. The van der Waals surface area contributed by atoms with Gasteiger partial charge in [-0.15, -0.1) is 11.8 Å². The lowest BCUT2D eigenvalue weighted by Gasteiger charge is -2.09. The van der Waals surface area contributed by atoms with Gasteiger partial charge in [0.1, 0.15) is 11.5 Å². The van der Waals surface area contributed by atoms with E-state index in [-0.39, 0.29) is 5.71 Å². The van der Waals surface area contributed by atoms with E-state index in [9.17, 15) is 9.90 Å². The van der Waals surface area contributed by atoms with Crippen molar-refractivity contribution in [3.05, 3.63) is 59.7 Å². The van der Waals surface area contributed by atoms with Crippen molar-refractivity contribution in [1.29, 1.82) is 0 Å². The van der Waals surface area contributed by atoms with Crippen LogP contribution in [0.25, 0.3) is 10.2 Å². The van der Waals surface area contributed by atoms with E-state index in [2.05, 4.69) is 15.1 Å². The van der Waals surface area contributed by atoms with Gasteiger partial charge in [0.2, 0.25) is 5.13 Å². The normalized spacial score (nSPS) is 12.4. The first-order valence-electron chi connectivity index (χ1n) is 8.16. The molecule has 0 saturated carbocycles. The number of aliphatic imine (C=N–C) groups is 1. The third-order valence-corrected chi connectivity index (χ3v) is 6.67. The fourth-order valence-electron chi connectivity index (χ4n) is 2.43. The topological polar surface area (TPSA) is 84.1 Å². The highest BCUT2D eigenvalue weighted by Gasteiger charge is 2.17. The first kappa shape index (κ1) is 20.4. The Morgan fingerprint density at radius 1 is 1.21 bits per heavy atom. The molecule has 2 aromatic carbocycles. The Morgan fingerprint density at radius 3 is 2.68 bits per heavy atom. The van der Waals surface area contributed by atoms with Gasteiger partial charge >= 0.3 is 5.97 Å². The zero-order valence-corrected chi connectivity index (χ0v) is 17.6. The molecule has 0 atom stereocenters. The molecule has 0 aliphatic heterocycles. The molecule has 3 rings (SSSR count). The lowest BCUT2D eigenvalue weighted by atomic mass is 10.0. The molecule has 1 N–H and O–H groups in total. The van der Waals surface area contributed by atoms with Gasteiger partial charge in [-0.3, -0.25) is 0 Å². The van der Waals surface area contributed by atoms with E-state index in [4.69, 9.17) is 4.84 Å². The average Bonchev–Trinajstić information content (AvgIpc) is 3.12. The molecular weight excluding hydrogens is 414 g/mol. The maximum Gasteiger partial charge on any atom is 0.358 e. The molecule has 28 heavy (non-hydrogen) atoms. The monoisotopic (exact) mass is 431 g/mol. The Bertz CT molecular complexity index is 1010. The molecule has 0 aliphatic rings. The summed E-state index contributed by atoms with van der Waals surface area (Å²) in [6.07, 6.45) is 1.96. The van der Waals surface area contributed by atoms with E-state index in [0.717, 1.165) is 20.2 Å². The molecule has 6 nitrogen and oxygen atoms in total. The Labute approximate surface area is 174 Å². The van der Waals surface area contributed by atoms with Gasteiger partial charge in [0.05, 0.1) is 10.2 Å². The molecule has 144 valence electrons. The van der Waals surface area contributed by atoms with Gasteiger partial charge < -0.3 is 9.94 Å². The molecule has 0 unspecified atom stereocenters. The summed E-state index contributed by atoms with van der Waals surface area (Å²) in [5.74, 6) is -0.580. The number of thiazole rings is 1. The zero-order valence-electron chi connectivity index (χ0n) is 15.2. The standard InChI is InChI=1S/C19H17N3O3S3/c1-25-22-16(17(23)24)13-8-4-3-7-12(13)11-27-19(26-2)21-18-20-14-9-5-6-10-15(14)28-18/h3-10H,11H2,1-2H3,(H,23,24). The minimum absolute atomic E-state index is 0.118. The molecule has 0 spiro atoms. The quantitative estimate of drug-likeness (QED) is 0.335. The SMILES string of the molecule is CON=C(C(=O)O)c1ccccc1CSC(=Nc1nc2ccccc2s1)SC. The maximum absolute atomic E-state index is 11.5. The van der Waals surface area contributed by atoms with Gasteiger partial charge in [-0.1, -0.05) is 64.7 Å². The second-order valence-electron chi connectivity index (χ2n) is 5.42. The molecule has 0 radical (unpaired) electrons. The smallest absolute Gasteiger partial charge is 0.358 e. The molecular formula is C19H17N3O3S3. The van der Waals surface area contributed by atoms with Gasteiger partial charge in [0.15, 0.2) is 5.71 Å². The third-order valence-electron chi connectivity index (χ3n) is 3.65. The van der Waals surface area contributed by atoms with Crippen LogP contribution in [0.3, 0.4) is 0 Å². The number of thioether (sulfide) groups is 2. The summed E-state index contributed by atoms with van der Waals surface area (Å²) in [4.78, 5) is 25.4. The number of benzene rings is 2. The Morgan fingerprint density at radius 2 is 1.96 bits per heavy atom. The second-order valence-corrected chi connectivity index (χ2v) is 8.45. The van der Waals surface area contributed by atoms with Gasteiger partial charge in [0.25, 0.3) is 0 Å². The molecule has 1 heterocycles. The molecule has 3 aromatic rings. The van der Waals surface area contributed by atoms with Crippen molar-refractivity contribution >= 4 is 66.3 Å². The van der Waals surface area contributed by atoms with E-state index in [1.165, 1.54) is 30.6 Å². The number of carbonyl (C=O) groups is 1. The van der Waals surface area contributed by atoms with E-state index in [0.29, 0.717) is 16.4 Å². The number of para-hydroxylation sites is 1. The second kappa shape index (κ2) is 9.72. The van der Waals surface area contributed by atoms with Crippen LogP contribution in [0.2, 0.25) is 0 Å². The van der Waals surface area contributed by atoms with Crippen LogP contribution < -0.4 is 0 Å². The zero-order chi connectivity index (χ0) is 19.9. The molecule has 1 aromatic heterocycles. The average molecular weight is 432 g/mol. The fourth-order valence-corrected chi connectivity index (χ4v) is 4.90. The highest BCUT2D eigenvalue weighted by molar-refractivity contribution is 8.38. The van der Waals surface area contributed by atoms with E-state index < -0.39 is 5.97 Å². The number of nitrogens with zero attached hydrogens (tertiary/aromatic N) is 3. The van der Waals surface area contributed by atoms with Crippen LogP contribution >= 0.6 is 34.9 Å². The summed E-state index contributed by atoms with van der Waals surface area (Å²) in [5.41, 5.74) is 2.19. The number of hydrogen-bond donors (Lipinski definition) is 1. The van der Waals surface area contributed by atoms with Crippen molar-refractivity contribution in [2.45, 2.75) is 5.75 Å². The largest absolute Gasteiger partial charge is 0.476 e. The van der Waals surface area contributed by atoms with Crippen LogP contribution in [0.4, 0.5) is 5.13 Å². The van der Waals surface area contributed by atoms with Crippen LogP contribution in [-0.4, -0.2) is 39.5 Å². The minimum atomic E-state index is -1.13. The Hall–Kier alpha value is -2.36. The van der Waals surface area contributed by atoms with Gasteiger partial charge in [0, 0.05) is 11.3 Å². The summed E-state index contributed by atoms with van der Waals surface area (Å²) in [6, 6.07) is 15.2. The van der Waals surface area contributed by atoms with Gasteiger partial charge in [-0.2, -0.15) is 0 Å². The van der Waals surface area contributed by atoms with Crippen molar-refractivity contribution in [3.8, 4) is 0 Å². The number of carboxylic acids is 1. The lowest BCUT2D eigenvalue weighted by Crippen LogP contribution is -2.16. The van der Waals surface area contributed by atoms with Crippen LogP contribution in [0.1, 0.15) is 11.1 Å². The summed E-state index contributed by atoms with van der Waals surface area (Å²) in [5, 5.41) is 13.8. The first-order valence-corrected chi connectivity index (χ1v) is 11.2. The predicted molar refractivity (Wildman–Crippen MR) is 119 cm³/mol. The number of carboxylic acid groups (broad SMARTS) is 1. The van der Waals surface area contributed by atoms with Crippen molar-refractivity contribution < 1.29 is 14.7 Å². The fraction of sp³-hybridized carbons (Fsp3) is 0.158. The molecule has 9 heteroatoms. The number of hydrogen-bond acceptors (Lipinski definition) is 8. The van der Waals surface area contributed by atoms with E-state index >= 15 is 0 Å². The maximum atomic E-state index is 11.5. The number of rotatable bonds is 6. The third kappa shape index (κ3) is 4.92. The molecule has 0 aliphatic carbocycles. The minimum Gasteiger partial charge on any atom is -0.476 e. The summed E-state index contributed by atoms with van der Waals surface area (Å²) >= 11 is 4.61.